The molecule has 7 nitrogen and oxygen atoms in total. The molecule has 0 saturated heterocycles. The third kappa shape index (κ3) is 3.34. The summed E-state index contributed by atoms with van der Waals surface area (Å²) in [5, 5.41) is 13.9. The smallest absolute Gasteiger partial charge is 0.333 e. The van der Waals surface area contributed by atoms with Crippen LogP contribution in [0.15, 0.2) is 18.2 Å². The number of hydrogen-bond donors (Lipinski definition) is 2. The van der Waals surface area contributed by atoms with Crippen LogP contribution in [0.25, 0.3) is 0 Å². The van der Waals surface area contributed by atoms with Crippen molar-refractivity contribution in [2.75, 3.05) is 12.4 Å². The lowest BCUT2D eigenvalue weighted by Crippen LogP contribution is -2.24. The minimum Gasteiger partial charge on any atom is -0.490 e. The number of primary amides is 1. The van der Waals surface area contributed by atoms with Crippen LogP contribution in [-0.4, -0.2) is 24.0 Å². The second kappa shape index (κ2) is 5.85. The summed E-state index contributed by atoms with van der Waals surface area (Å²) in [4.78, 5) is 21.2. The molecular weight excluding hydrogens is 238 g/mol. The number of nitrogens with one attached hydrogen (secondary N) is 1. The Morgan fingerprint density at radius 3 is 2.78 bits per heavy atom. The highest BCUT2D eigenvalue weighted by Gasteiger charge is 2.21. The van der Waals surface area contributed by atoms with E-state index in [-0.39, 0.29) is 23.9 Å². The molecule has 1 amide bonds. The van der Waals surface area contributed by atoms with E-state index in [1.54, 1.807) is 19.1 Å². The number of carbonyl (C=O) groups excluding carboxylic acids is 1. The van der Waals surface area contributed by atoms with Gasteiger partial charge in [0.2, 0.25) is 5.91 Å². The molecule has 0 spiro atoms. The molecule has 1 aromatic rings. The van der Waals surface area contributed by atoms with Gasteiger partial charge in [0, 0.05) is 12.5 Å². The summed E-state index contributed by atoms with van der Waals surface area (Å²) in [6.07, 6.45) is 0.0916. The lowest BCUT2D eigenvalue weighted by atomic mass is 10.2. The van der Waals surface area contributed by atoms with Gasteiger partial charge in [-0.1, -0.05) is 6.07 Å². The van der Waals surface area contributed by atoms with Crippen LogP contribution >= 0.6 is 0 Å². The van der Waals surface area contributed by atoms with Gasteiger partial charge in [-0.05, 0) is 19.1 Å². The van der Waals surface area contributed by atoms with Gasteiger partial charge in [-0.3, -0.25) is 14.9 Å². The topological polar surface area (TPSA) is 107 Å². The molecule has 1 aromatic carbocycles. The minimum atomic E-state index is -0.530. The second-order valence-corrected chi connectivity index (χ2v) is 3.83. The maximum atomic E-state index is 11.0. The summed E-state index contributed by atoms with van der Waals surface area (Å²) in [6.45, 7) is 1.72. The molecule has 1 rings (SSSR count). The highest BCUT2D eigenvalue weighted by atomic mass is 16.6. The van der Waals surface area contributed by atoms with E-state index in [1.165, 1.54) is 13.2 Å². The lowest BCUT2D eigenvalue weighted by molar-refractivity contribution is -0.384. The van der Waals surface area contributed by atoms with Crippen LogP contribution in [0.4, 0.5) is 11.4 Å². The van der Waals surface area contributed by atoms with Crippen LogP contribution in [0.1, 0.15) is 13.3 Å². The van der Waals surface area contributed by atoms with Gasteiger partial charge in [0.25, 0.3) is 0 Å². The Balaban J connectivity index is 3.01. The van der Waals surface area contributed by atoms with Crippen molar-refractivity contribution >= 4 is 17.3 Å². The number of nitrogens with two attached hydrogens (primary N) is 1. The van der Waals surface area contributed by atoms with Crippen molar-refractivity contribution in [1.29, 1.82) is 0 Å². The fourth-order valence-corrected chi connectivity index (χ4v) is 1.61. The zero-order chi connectivity index (χ0) is 13.7. The third-order valence-corrected chi connectivity index (χ3v) is 2.31. The van der Waals surface area contributed by atoms with Crippen LogP contribution in [0.3, 0.4) is 0 Å². The Hall–Kier alpha value is -2.31. The van der Waals surface area contributed by atoms with Gasteiger partial charge < -0.3 is 15.8 Å². The average molecular weight is 253 g/mol. The summed E-state index contributed by atoms with van der Waals surface area (Å²) in [5.41, 5.74) is 5.21. The molecule has 3 N–H and O–H groups in total. The molecule has 1 unspecified atom stereocenters. The average Bonchev–Trinajstić information content (AvgIpc) is 2.26. The van der Waals surface area contributed by atoms with Gasteiger partial charge in [0.05, 0.1) is 12.0 Å². The molecule has 98 valence electrons. The largest absolute Gasteiger partial charge is 0.490 e. The summed E-state index contributed by atoms with van der Waals surface area (Å²) >= 11 is 0. The van der Waals surface area contributed by atoms with E-state index in [4.69, 9.17) is 10.5 Å². The molecule has 0 aliphatic heterocycles. The zero-order valence-corrected chi connectivity index (χ0v) is 10.2. The van der Waals surface area contributed by atoms with Crippen molar-refractivity contribution in [1.82, 2.24) is 0 Å². The maximum Gasteiger partial charge on any atom is 0.333 e. The molecule has 0 heterocycles. The predicted molar refractivity (Wildman–Crippen MR) is 66.5 cm³/mol. The molecule has 0 aliphatic rings. The first-order chi connectivity index (χ1) is 8.45. The van der Waals surface area contributed by atoms with Gasteiger partial charge in [0.15, 0.2) is 5.75 Å². The fraction of sp³-hybridized carbons (Fsp3) is 0.364. The number of anilines is 1. The molecule has 0 radical (unpaired) electrons. The summed E-state index contributed by atoms with van der Waals surface area (Å²) in [6, 6.07) is 4.39. The SMILES string of the molecule is COc1cccc(NC(C)CC(N)=O)c1[N+](=O)[O-]. The van der Waals surface area contributed by atoms with Crippen LogP contribution in [-0.2, 0) is 4.79 Å². The Morgan fingerprint density at radius 2 is 2.28 bits per heavy atom. The number of benzene rings is 1. The quantitative estimate of drug-likeness (QED) is 0.586. The normalized spacial score (nSPS) is 11.7. The molecule has 0 aromatic heterocycles. The molecule has 1 atom stereocenters. The van der Waals surface area contributed by atoms with E-state index in [1.807, 2.05) is 0 Å². The van der Waals surface area contributed by atoms with Gasteiger partial charge in [-0.25, -0.2) is 0 Å². The van der Waals surface area contributed by atoms with E-state index in [9.17, 15) is 14.9 Å². The molecular formula is C11H15N3O4. The maximum absolute atomic E-state index is 11.0. The van der Waals surface area contributed by atoms with E-state index in [2.05, 4.69) is 5.32 Å². The summed E-state index contributed by atoms with van der Waals surface area (Å²) in [7, 11) is 1.36. The lowest BCUT2D eigenvalue weighted by Gasteiger charge is -2.14. The van der Waals surface area contributed by atoms with Crippen molar-refractivity contribution in [2.45, 2.75) is 19.4 Å². The van der Waals surface area contributed by atoms with E-state index in [0.29, 0.717) is 5.69 Å². The van der Waals surface area contributed by atoms with Crippen LogP contribution < -0.4 is 15.8 Å². The third-order valence-electron chi connectivity index (χ3n) is 2.31. The van der Waals surface area contributed by atoms with Crippen molar-refractivity contribution in [3.63, 3.8) is 0 Å². The number of para-hydroxylation sites is 1. The number of nitrogens with zero attached hydrogens (tertiary/aromatic N) is 1. The molecule has 7 heteroatoms. The first kappa shape index (κ1) is 13.8. The Bertz CT molecular complexity index is 462. The number of ether oxygens (including phenoxy) is 1. The fourth-order valence-electron chi connectivity index (χ4n) is 1.61. The highest BCUT2D eigenvalue weighted by molar-refractivity contribution is 5.75. The zero-order valence-electron chi connectivity index (χ0n) is 10.2. The monoisotopic (exact) mass is 253 g/mol. The minimum absolute atomic E-state index is 0.0916. The molecule has 0 fully saturated rings. The number of rotatable bonds is 6. The number of methoxy groups -OCH3 is 1. The van der Waals surface area contributed by atoms with E-state index >= 15 is 0 Å². The molecule has 0 bridgehead atoms. The van der Waals surface area contributed by atoms with Gasteiger partial charge in [0.1, 0.15) is 5.69 Å². The molecule has 18 heavy (non-hydrogen) atoms. The number of hydrogen-bond acceptors (Lipinski definition) is 5. The molecule has 0 saturated carbocycles. The number of carbonyl (C=O) groups is 1. The van der Waals surface area contributed by atoms with Gasteiger partial charge >= 0.3 is 5.69 Å². The predicted octanol–water partition coefficient (Wildman–Crippen LogP) is 1.28. The summed E-state index contributed by atoms with van der Waals surface area (Å²) in [5.74, 6) is -0.308. The van der Waals surface area contributed by atoms with Crippen LogP contribution in [0, 0.1) is 10.1 Å². The number of nitro groups is 1. The highest BCUT2D eigenvalue weighted by Crippen LogP contribution is 2.34. The second-order valence-electron chi connectivity index (χ2n) is 3.83. The van der Waals surface area contributed by atoms with Crippen LogP contribution in [0.5, 0.6) is 5.75 Å². The Kier molecular flexibility index (Phi) is 4.47. The van der Waals surface area contributed by atoms with Gasteiger partial charge in [-0.15, -0.1) is 0 Å². The van der Waals surface area contributed by atoms with Crippen molar-refractivity contribution < 1.29 is 14.5 Å². The van der Waals surface area contributed by atoms with Crippen LogP contribution in [0.2, 0.25) is 0 Å². The Labute approximate surface area is 104 Å². The summed E-state index contributed by atoms with van der Waals surface area (Å²) < 4.78 is 4.94. The van der Waals surface area contributed by atoms with Crippen molar-refractivity contribution in [2.24, 2.45) is 5.73 Å². The van der Waals surface area contributed by atoms with Gasteiger partial charge in [-0.2, -0.15) is 0 Å². The number of amides is 1. The van der Waals surface area contributed by atoms with Crippen molar-refractivity contribution in [3.05, 3.63) is 28.3 Å². The molecule has 0 aliphatic carbocycles. The number of nitro benzene ring substituents is 1. The van der Waals surface area contributed by atoms with E-state index < -0.39 is 10.8 Å². The van der Waals surface area contributed by atoms with E-state index in [0.717, 1.165) is 0 Å². The first-order valence-electron chi connectivity index (χ1n) is 5.32. The standard InChI is InChI=1S/C11H15N3O4/c1-7(6-10(12)15)13-8-4-3-5-9(18-2)11(8)14(16)17/h3-5,7,13H,6H2,1-2H3,(H2,12,15). The van der Waals surface area contributed by atoms with Crippen molar-refractivity contribution in [3.8, 4) is 5.75 Å². The first-order valence-corrected chi connectivity index (χ1v) is 5.32. The Morgan fingerprint density at radius 1 is 1.61 bits per heavy atom.